The average molecular weight is 271 g/mol. The van der Waals surface area contributed by atoms with Gasteiger partial charge in [0.15, 0.2) is 6.61 Å². The molecule has 0 saturated carbocycles. The lowest BCUT2D eigenvalue weighted by molar-refractivity contribution is -0.123. The van der Waals surface area contributed by atoms with Crippen LogP contribution in [0.25, 0.3) is 0 Å². The molecule has 4 nitrogen and oxygen atoms in total. The predicted molar refractivity (Wildman–Crippen MR) is 73.1 cm³/mol. The first kappa shape index (κ1) is 14.8. The van der Waals surface area contributed by atoms with Crippen LogP contribution in [0.3, 0.4) is 0 Å². The van der Waals surface area contributed by atoms with Crippen molar-refractivity contribution >= 4 is 17.5 Å². The van der Waals surface area contributed by atoms with Gasteiger partial charge in [-0.2, -0.15) is 0 Å². The summed E-state index contributed by atoms with van der Waals surface area (Å²) < 4.78 is 5.31. The molecule has 0 bridgehead atoms. The fourth-order valence-corrected chi connectivity index (χ4v) is 1.45. The lowest BCUT2D eigenvalue weighted by Gasteiger charge is -2.08. The summed E-state index contributed by atoms with van der Waals surface area (Å²) in [5.74, 6) is 0.516. The van der Waals surface area contributed by atoms with Gasteiger partial charge in [0.2, 0.25) is 0 Å². The summed E-state index contributed by atoms with van der Waals surface area (Å²) in [5.41, 5.74) is 0. The van der Waals surface area contributed by atoms with Crippen LogP contribution in [0.4, 0.5) is 0 Å². The molecule has 0 aliphatic carbocycles. The quantitative estimate of drug-likeness (QED) is 0.709. The first-order valence-corrected chi connectivity index (χ1v) is 6.46. The summed E-state index contributed by atoms with van der Waals surface area (Å²) in [4.78, 5) is 11.4. The van der Waals surface area contributed by atoms with Crippen LogP contribution < -0.4 is 15.4 Å². The highest BCUT2D eigenvalue weighted by molar-refractivity contribution is 6.30. The predicted octanol–water partition coefficient (Wildman–Crippen LogP) is 1.83. The Bertz CT molecular complexity index is 355. The molecule has 100 valence electrons. The smallest absolute Gasteiger partial charge is 0.257 e. The van der Waals surface area contributed by atoms with Gasteiger partial charge < -0.3 is 15.4 Å². The van der Waals surface area contributed by atoms with E-state index in [9.17, 15) is 4.79 Å². The number of hydrogen-bond acceptors (Lipinski definition) is 3. The lowest BCUT2D eigenvalue weighted by atomic mass is 10.3. The minimum absolute atomic E-state index is 0.0232. The number of nitrogens with one attached hydrogen (secondary N) is 2. The Hall–Kier alpha value is -1.26. The number of carbonyl (C=O) groups is 1. The molecular formula is C13H19ClN2O2. The van der Waals surface area contributed by atoms with E-state index in [1.807, 2.05) is 0 Å². The number of rotatable bonds is 8. The van der Waals surface area contributed by atoms with Crippen molar-refractivity contribution in [2.75, 3.05) is 26.2 Å². The van der Waals surface area contributed by atoms with Gasteiger partial charge in [0.25, 0.3) is 5.91 Å². The van der Waals surface area contributed by atoms with Gasteiger partial charge in [-0.3, -0.25) is 4.79 Å². The van der Waals surface area contributed by atoms with Gasteiger partial charge in [-0.05, 0) is 37.2 Å². The van der Waals surface area contributed by atoms with Crippen LogP contribution in [0.2, 0.25) is 5.02 Å². The van der Waals surface area contributed by atoms with Crippen molar-refractivity contribution in [3.05, 3.63) is 29.3 Å². The number of amides is 1. The fourth-order valence-electron chi connectivity index (χ4n) is 1.32. The molecule has 0 radical (unpaired) electrons. The van der Waals surface area contributed by atoms with Crippen LogP contribution >= 0.6 is 11.6 Å². The molecule has 0 heterocycles. The third-order valence-corrected chi connectivity index (χ3v) is 2.49. The van der Waals surface area contributed by atoms with Gasteiger partial charge in [-0.15, -0.1) is 0 Å². The Morgan fingerprint density at radius 1 is 1.22 bits per heavy atom. The number of hydrogen-bond donors (Lipinski definition) is 2. The van der Waals surface area contributed by atoms with E-state index in [1.165, 1.54) is 0 Å². The van der Waals surface area contributed by atoms with Gasteiger partial charge in [-0.25, -0.2) is 0 Å². The van der Waals surface area contributed by atoms with Gasteiger partial charge in [0, 0.05) is 18.1 Å². The van der Waals surface area contributed by atoms with Crippen LogP contribution in [0.1, 0.15) is 13.3 Å². The molecule has 5 heteroatoms. The summed E-state index contributed by atoms with van der Waals surface area (Å²) >= 11 is 5.74. The minimum atomic E-state index is -0.122. The Balaban J connectivity index is 2.11. The molecule has 1 amide bonds. The molecule has 1 aromatic carbocycles. The maximum Gasteiger partial charge on any atom is 0.257 e. The lowest BCUT2D eigenvalue weighted by Crippen LogP contribution is -2.34. The SMILES string of the molecule is CCCNCCNC(=O)COc1ccc(Cl)cc1. The fraction of sp³-hybridized carbons (Fsp3) is 0.462. The van der Waals surface area contributed by atoms with E-state index < -0.39 is 0 Å². The van der Waals surface area contributed by atoms with Gasteiger partial charge in [-0.1, -0.05) is 18.5 Å². The van der Waals surface area contributed by atoms with Crippen molar-refractivity contribution in [1.29, 1.82) is 0 Å². The Morgan fingerprint density at radius 3 is 2.61 bits per heavy atom. The normalized spacial score (nSPS) is 10.1. The van der Waals surface area contributed by atoms with E-state index in [4.69, 9.17) is 16.3 Å². The van der Waals surface area contributed by atoms with Crippen LogP contribution in [0.5, 0.6) is 5.75 Å². The number of halogens is 1. The first-order valence-electron chi connectivity index (χ1n) is 6.08. The Morgan fingerprint density at radius 2 is 1.94 bits per heavy atom. The number of ether oxygens (including phenoxy) is 1. The summed E-state index contributed by atoms with van der Waals surface area (Å²) in [5, 5.41) is 6.62. The van der Waals surface area contributed by atoms with Gasteiger partial charge >= 0.3 is 0 Å². The minimum Gasteiger partial charge on any atom is -0.484 e. The van der Waals surface area contributed by atoms with Crippen molar-refractivity contribution in [3.8, 4) is 5.75 Å². The van der Waals surface area contributed by atoms with Crippen LogP contribution in [0.15, 0.2) is 24.3 Å². The summed E-state index contributed by atoms with van der Waals surface area (Å²) in [6.07, 6.45) is 1.09. The molecule has 0 aliphatic rings. The van der Waals surface area contributed by atoms with Crippen molar-refractivity contribution in [3.63, 3.8) is 0 Å². The van der Waals surface area contributed by atoms with Crippen LogP contribution in [-0.4, -0.2) is 32.1 Å². The summed E-state index contributed by atoms with van der Waals surface area (Å²) in [6.45, 7) is 4.49. The zero-order chi connectivity index (χ0) is 13.2. The van der Waals surface area contributed by atoms with Crippen LogP contribution in [-0.2, 0) is 4.79 Å². The maximum atomic E-state index is 11.4. The molecule has 2 N–H and O–H groups in total. The maximum absolute atomic E-state index is 11.4. The second-order valence-corrected chi connectivity index (χ2v) is 4.28. The molecule has 0 aromatic heterocycles. The molecule has 0 spiro atoms. The van der Waals surface area contributed by atoms with E-state index in [-0.39, 0.29) is 12.5 Å². The third kappa shape index (κ3) is 6.47. The summed E-state index contributed by atoms with van der Waals surface area (Å²) in [6, 6.07) is 6.92. The Labute approximate surface area is 113 Å². The first-order chi connectivity index (χ1) is 8.72. The number of carbonyl (C=O) groups excluding carboxylic acids is 1. The largest absolute Gasteiger partial charge is 0.484 e. The number of benzene rings is 1. The van der Waals surface area contributed by atoms with E-state index in [1.54, 1.807) is 24.3 Å². The monoisotopic (exact) mass is 270 g/mol. The molecule has 0 fully saturated rings. The second kappa shape index (κ2) is 8.78. The molecule has 0 saturated heterocycles. The van der Waals surface area contributed by atoms with Crippen LogP contribution in [0, 0.1) is 0 Å². The zero-order valence-corrected chi connectivity index (χ0v) is 11.3. The van der Waals surface area contributed by atoms with Gasteiger partial charge in [0.05, 0.1) is 0 Å². The van der Waals surface area contributed by atoms with Gasteiger partial charge in [0.1, 0.15) is 5.75 Å². The van der Waals surface area contributed by atoms with E-state index >= 15 is 0 Å². The van der Waals surface area contributed by atoms with E-state index in [2.05, 4.69) is 17.6 Å². The molecule has 1 rings (SSSR count). The topological polar surface area (TPSA) is 50.4 Å². The standard InChI is InChI=1S/C13H19ClN2O2/c1-2-7-15-8-9-16-13(17)10-18-12-5-3-11(14)4-6-12/h3-6,15H,2,7-10H2,1H3,(H,16,17). The van der Waals surface area contributed by atoms with Crippen molar-refractivity contribution in [2.45, 2.75) is 13.3 Å². The Kier molecular flexibility index (Phi) is 7.22. The summed E-state index contributed by atoms with van der Waals surface area (Å²) in [7, 11) is 0. The molecule has 0 aliphatic heterocycles. The molecule has 0 unspecified atom stereocenters. The molecular weight excluding hydrogens is 252 g/mol. The zero-order valence-electron chi connectivity index (χ0n) is 10.5. The van der Waals surface area contributed by atoms with E-state index in [0.717, 1.165) is 19.5 Å². The molecule has 18 heavy (non-hydrogen) atoms. The molecule has 1 aromatic rings. The highest BCUT2D eigenvalue weighted by Crippen LogP contribution is 2.15. The third-order valence-electron chi connectivity index (χ3n) is 2.23. The average Bonchev–Trinajstić information content (AvgIpc) is 2.38. The van der Waals surface area contributed by atoms with Crippen molar-refractivity contribution in [1.82, 2.24) is 10.6 Å². The van der Waals surface area contributed by atoms with E-state index in [0.29, 0.717) is 17.3 Å². The second-order valence-electron chi connectivity index (χ2n) is 3.84. The highest BCUT2D eigenvalue weighted by atomic mass is 35.5. The molecule has 0 atom stereocenters. The highest BCUT2D eigenvalue weighted by Gasteiger charge is 2.01. The van der Waals surface area contributed by atoms with Crippen molar-refractivity contribution < 1.29 is 9.53 Å². The van der Waals surface area contributed by atoms with Crippen molar-refractivity contribution in [2.24, 2.45) is 0 Å².